The van der Waals surface area contributed by atoms with Gasteiger partial charge in [0.2, 0.25) is 5.91 Å². The van der Waals surface area contributed by atoms with E-state index in [4.69, 9.17) is 9.72 Å². The summed E-state index contributed by atoms with van der Waals surface area (Å²) in [5, 5.41) is 0. The van der Waals surface area contributed by atoms with Gasteiger partial charge in [-0.3, -0.25) is 9.78 Å². The molecule has 2 atom stereocenters. The van der Waals surface area contributed by atoms with Gasteiger partial charge in [0.15, 0.2) is 0 Å². The van der Waals surface area contributed by atoms with E-state index in [1.165, 1.54) is 0 Å². The highest BCUT2D eigenvalue weighted by molar-refractivity contribution is 5.84. The van der Waals surface area contributed by atoms with Gasteiger partial charge >= 0.3 is 0 Å². The maximum atomic E-state index is 13.3. The van der Waals surface area contributed by atoms with Gasteiger partial charge in [0.25, 0.3) is 0 Å². The van der Waals surface area contributed by atoms with E-state index in [-0.39, 0.29) is 17.9 Å². The van der Waals surface area contributed by atoms with Crippen molar-refractivity contribution in [3.8, 4) is 16.9 Å². The van der Waals surface area contributed by atoms with Crippen LogP contribution in [0.1, 0.15) is 48.7 Å². The van der Waals surface area contributed by atoms with Crippen molar-refractivity contribution in [3.05, 3.63) is 83.7 Å². The monoisotopic (exact) mass is 400 g/mol. The van der Waals surface area contributed by atoms with E-state index in [2.05, 4.69) is 24.3 Å². The number of carbonyl (C=O) groups excluding carboxylic acids is 1. The molecule has 4 heteroatoms. The third-order valence-electron chi connectivity index (χ3n) is 5.94. The van der Waals surface area contributed by atoms with Crippen LogP contribution in [-0.2, 0) is 4.79 Å². The minimum atomic E-state index is -0.155. The van der Waals surface area contributed by atoms with Gasteiger partial charge in [-0.1, -0.05) is 42.5 Å². The van der Waals surface area contributed by atoms with Crippen LogP contribution < -0.4 is 4.74 Å². The Morgan fingerprint density at radius 2 is 1.80 bits per heavy atom. The number of likely N-dealkylation sites (tertiary alicyclic amines) is 1. The lowest BCUT2D eigenvalue weighted by Crippen LogP contribution is -2.34. The zero-order valence-electron chi connectivity index (χ0n) is 17.8. The highest BCUT2D eigenvalue weighted by Gasteiger charge is 2.33. The predicted octanol–water partition coefficient (Wildman–Crippen LogP) is 5.53. The standard InChI is InChI=1S/C26H28N2O2/c1-18-16-22(21-11-13-23(30-3)14-12-21)17-24(27-18)25-10-7-15-28(25)26(29)19(2)20-8-5-4-6-9-20/h4-6,8-9,11-14,16-17,19,25H,7,10,15H2,1-3H3/t19-,25-/m1/s1. The lowest BCUT2D eigenvalue weighted by Gasteiger charge is -2.28. The molecule has 2 aromatic carbocycles. The lowest BCUT2D eigenvalue weighted by atomic mass is 9.98. The molecule has 0 saturated carbocycles. The summed E-state index contributed by atoms with van der Waals surface area (Å²) in [6.07, 6.45) is 1.96. The number of nitrogens with zero attached hydrogens (tertiary/aromatic N) is 2. The number of pyridine rings is 1. The fraction of sp³-hybridized carbons (Fsp3) is 0.308. The molecule has 1 aromatic heterocycles. The van der Waals surface area contributed by atoms with Gasteiger partial charge < -0.3 is 9.64 Å². The Morgan fingerprint density at radius 1 is 1.07 bits per heavy atom. The summed E-state index contributed by atoms with van der Waals surface area (Å²) in [6, 6.07) is 22.3. The Bertz CT molecular complexity index is 1010. The Labute approximate surface area is 178 Å². The SMILES string of the molecule is COc1ccc(-c2cc(C)nc([C@H]3CCCN3C(=O)[C@H](C)c3ccccc3)c2)cc1. The van der Waals surface area contributed by atoms with Crippen molar-refractivity contribution in [1.82, 2.24) is 9.88 Å². The van der Waals surface area contributed by atoms with Gasteiger partial charge in [-0.05, 0) is 67.6 Å². The Kier molecular flexibility index (Phi) is 5.84. The van der Waals surface area contributed by atoms with Crippen LogP contribution in [0.5, 0.6) is 5.75 Å². The maximum Gasteiger partial charge on any atom is 0.230 e. The molecule has 1 fully saturated rings. The van der Waals surface area contributed by atoms with E-state index in [1.807, 2.05) is 61.2 Å². The lowest BCUT2D eigenvalue weighted by molar-refractivity contribution is -0.133. The van der Waals surface area contributed by atoms with Crippen LogP contribution in [0, 0.1) is 6.92 Å². The van der Waals surface area contributed by atoms with Gasteiger partial charge in [-0.25, -0.2) is 0 Å². The summed E-state index contributed by atoms with van der Waals surface area (Å²) < 4.78 is 5.28. The minimum absolute atomic E-state index is 0.0283. The molecule has 2 heterocycles. The van der Waals surface area contributed by atoms with Gasteiger partial charge in [-0.2, -0.15) is 0 Å². The average Bonchev–Trinajstić information content (AvgIpc) is 3.28. The van der Waals surface area contributed by atoms with Crippen LogP contribution in [0.25, 0.3) is 11.1 Å². The van der Waals surface area contributed by atoms with Gasteiger partial charge in [0.05, 0.1) is 24.8 Å². The molecule has 0 spiro atoms. The maximum absolute atomic E-state index is 13.3. The topological polar surface area (TPSA) is 42.4 Å². The number of hydrogen-bond donors (Lipinski definition) is 0. The number of carbonyl (C=O) groups is 1. The highest BCUT2D eigenvalue weighted by Crippen LogP contribution is 2.35. The molecule has 1 aliphatic rings. The van der Waals surface area contributed by atoms with E-state index in [9.17, 15) is 4.79 Å². The summed E-state index contributed by atoms with van der Waals surface area (Å²) in [5.41, 5.74) is 5.25. The molecule has 154 valence electrons. The number of aryl methyl sites for hydroxylation is 1. The molecular weight excluding hydrogens is 372 g/mol. The molecule has 0 radical (unpaired) electrons. The smallest absolute Gasteiger partial charge is 0.230 e. The van der Waals surface area contributed by atoms with Crippen molar-refractivity contribution in [3.63, 3.8) is 0 Å². The quantitative estimate of drug-likeness (QED) is 0.565. The molecule has 0 aliphatic carbocycles. The second-order valence-electron chi connectivity index (χ2n) is 7.97. The number of aromatic nitrogens is 1. The summed E-state index contributed by atoms with van der Waals surface area (Å²) in [7, 11) is 1.67. The molecule has 30 heavy (non-hydrogen) atoms. The molecule has 4 nitrogen and oxygen atoms in total. The van der Waals surface area contributed by atoms with Crippen molar-refractivity contribution >= 4 is 5.91 Å². The Morgan fingerprint density at radius 3 is 2.50 bits per heavy atom. The number of ether oxygens (including phenoxy) is 1. The summed E-state index contributed by atoms with van der Waals surface area (Å²) >= 11 is 0. The first-order chi connectivity index (χ1) is 14.6. The Balaban J connectivity index is 1.62. The number of rotatable bonds is 5. The van der Waals surface area contributed by atoms with Gasteiger partial charge in [0, 0.05) is 12.2 Å². The molecule has 4 rings (SSSR count). The summed E-state index contributed by atoms with van der Waals surface area (Å²) in [6.45, 7) is 4.80. The molecule has 0 bridgehead atoms. The van der Waals surface area contributed by atoms with E-state index >= 15 is 0 Å². The first-order valence-corrected chi connectivity index (χ1v) is 10.6. The largest absolute Gasteiger partial charge is 0.497 e. The first kappa shape index (κ1) is 20.1. The second kappa shape index (κ2) is 8.70. The van der Waals surface area contributed by atoms with Crippen molar-refractivity contribution in [2.45, 2.75) is 38.6 Å². The van der Waals surface area contributed by atoms with Crippen molar-refractivity contribution < 1.29 is 9.53 Å². The molecule has 0 N–H and O–H groups in total. The second-order valence-corrected chi connectivity index (χ2v) is 7.97. The third kappa shape index (κ3) is 4.09. The van der Waals surface area contributed by atoms with Gasteiger partial charge in [0.1, 0.15) is 5.75 Å². The first-order valence-electron chi connectivity index (χ1n) is 10.6. The molecule has 1 aliphatic heterocycles. The van der Waals surface area contributed by atoms with Crippen LogP contribution >= 0.6 is 0 Å². The van der Waals surface area contributed by atoms with Crippen LogP contribution in [-0.4, -0.2) is 29.4 Å². The molecule has 1 amide bonds. The molecule has 0 unspecified atom stereocenters. The number of benzene rings is 2. The van der Waals surface area contributed by atoms with E-state index in [1.54, 1.807) is 7.11 Å². The highest BCUT2D eigenvalue weighted by atomic mass is 16.5. The van der Waals surface area contributed by atoms with Crippen LogP contribution in [0.15, 0.2) is 66.7 Å². The van der Waals surface area contributed by atoms with Gasteiger partial charge in [-0.15, -0.1) is 0 Å². The zero-order chi connectivity index (χ0) is 21.1. The fourth-order valence-corrected chi connectivity index (χ4v) is 4.29. The molecule has 3 aromatic rings. The molecule has 1 saturated heterocycles. The molecular formula is C26H28N2O2. The third-order valence-corrected chi connectivity index (χ3v) is 5.94. The predicted molar refractivity (Wildman–Crippen MR) is 120 cm³/mol. The number of amides is 1. The Hall–Kier alpha value is -3.14. The van der Waals surface area contributed by atoms with Crippen molar-refractivity contribution in [2.75, 3.05) is 13.7 Å². The average molecular weight is 401 g/mol. The van der Waals surface area contributed by atoms with E-state index in [0.29, 0.717) is 0 Å². The minimum Gasteiger partial charge on any atom is -0.497 e. The number of hydrogen-bond acceptors (Lipinski definition) is 3. The summed E-state index contributed by atoms with van der Waals surface area (Å²) in [5.74, 6) is 0.864. The number of methoxy groups -OCH3 is 1. The normalized spacial score (nSPS) is 17.0. The van der Waals surface area contributed by atoms with Crippen LogP contribution in [0.2, 0.25) is 0 Å². The van der Waals surface area contributed by atoms with Crippen molar-refractivity contribution in [1.29, 1.82) is 0 Å². The zero-order valence-corrected chi connectivity index (χ0v) is 17.8. The van der Waals surface area contributed by atoms with E-state index < -0.39 is 0 Å². The fourth-order valence-electron chi connectivity index (χ4n) is 4.29. The van der Waals surface area contributed by atoms with Crippen molar-refractivity contribution in [2.24, 2.45) is 0 Å². The van der Waals surface area contributed by atoms with E-state index in [0.717, 1.165) is 53.2 Å². The summed E-state index contributed by atoms with van der Waals surface area (Å²) in [4.78, 5) is 20.2. The van der Waals surface area contributed by atoms with Crippen LogP contribution in [0.3, 0.4) is 0 Å². The van der Waals surface area contributed by atoms with Crippen LogP contribution in [0.4, 0.5) is 0 Å².